The van der Waals surface area contributed by atoms with E-state index in [1.165, 1.54) is 17.4 Å². The quantitative estimate of drug-likeness (QED) is 0.195. The SMILES string of the molecule is NC(=O)CC(N)C(=O)N1CCCC1C(=O)NC(Cc1ccccc1)C(=O)NC(Cc1cnc[nH]1)C(=O)O. The van der Waals surface area contributed by atoms with E-state index in [-0.39, 0.29) is 25.8 Å². The highest BCUT2D eigenvalue weighted by atomic mass is 16.4. The van der Waals surface area contributed by atoms with Crippen LogP contribution in [0.5, 0.6) is 0 Å². The van der Waals surface area contributed by atoms with Gasteiger partial charge in [-0.1, -0.05) is 30.3 Å². The molecule has 3 rings (SSSR count). The number of aliphatic carboxylic acids is 1. The molecule has 2 aromatic rings. The molecule has 0 bridgehead atoms. The minimum atomic E-state index is -1.26. The number of hydrogen-bond donors (Lipinski definition) is 6. The van der Waals surface area contributed by atoms with Gasteiger partial charge in [0.25, 0.3) is 0 Å². The molecule has 1 saturated heterocycles. The first kappa shape index (κ1) is 27.3. The van der Waals surface area contributed by atoms with E-state index >= 15 is 0 Å². The van der Waals surface area contributed by atoms with E-state index in [9.17, 15) is 29.1 Å². The number of likely N-dealkylation sites (tertiary alicyclic amines) is 1. The number of carboxylic acid groups (broad SMARTS) is 1. The Morgan fingerprint density at radius 2 is 1.84 bits per heavy atom. The summed E-state index contributed by atoms with van der Waals surface area (Å²) in [7, 11) is 0. The highest BCUT2D eigenvalue weighted by Crippen LogP contribution is 2.19. The number of benzene rings is 1. The second-order valence-corrected chi connectivity index (χ2v) is 8.90. The van der Waals surface area contributed by atoms with Gasteiger partial charge in [-0.25, -0.2) is 9.78 Å². The summed E-state index contributed by atoms with van der Waals surface area (Å²) in [4.78, 5) is 70.1. The van der Waals surface area contributed by atoms with Crippen molar-refractivity contribution >= 4 is 29.6 Å². The number of H-pyrrole nitrogens is 1. The summed E-state index contributed by atoms with van der Waals surface area (Å²) in [5.74, 6) is -3.82. The molecule has 0 radical (unpaired) electrons. The monoisotopic (exact) mass is 513 g/mol. The van der Waals surface area contributed by atoms with Gasteiger partial charge in [0.2, 0.25) is 23.6 Å². The Morgan fingerprint density at radius 1 is 1.11 bits per heavy atom. The third-order valence-electron chi connectivity index (χ3n) is 6.09. The average Bonchev–Trinajstić information content (AvgIpc) is 3.55. The van der Waals surface area contributed by atoms with E-state index in [1.54, 1.807) is 30.3 Å². The Morgan fingerprint density at radius 3 is 2.46 bits per heavy atom. The molecule has 4 atom stereocenters. The highest BCUT2D eigenvalue weighted by Gasteiger charge is 2.38. The van der Waals surface area contributed by atoms with Crippen molar-refractivity contribution in [2.45, 2.75) is 56.3 Å². The summed E-state index contributed by atoms with van der Waals surface area (Å²) in [5, 5.41) is 14.8. The van der Waals surface area contributed by atoms with Gasteiger partial charge in [-0.3, -0.25) is 19.2 Å². The van der Waals surface area contributed by atoms with Crippen LogP contribution in [-0.2, 0) is 36.8 Å². The van der Waals surface area contributed by atoms with Crippen molar-refractivity contribution in [3.8, 4) is 0 Å². The second kappa shape index (κ2) is 12.6. The van der Waals surface area contributed by atoms with Crippen LogP contribution in [0.4, 0.5) is 0 Å². The molecule has 1 aromatic heterocycles. The van der Waals surface area contributed by atoms with Crippen LogP contribution in [0.2, 0.25) is 0 Å². The number of rotatable bonds is 12. The maximum Gasteiger partial charge on any atom is 0.326 e. The predicted molar refractivity (Wildman–Crippen MR) is 130 cm³/mol. The van der Waals surface area contributed by atoms with Gasteiger partial charge in [-0.05, 0) is 18.4 Å². The molecular formula is C24H31N7O6. The number of imidazole rings is 1. The molecule has 1 aliphatic heterocycles. The topological polar surface area (TPSA) is 214 Å². The van der Waals surface area contributed by atoms with Crippen LogP contribution in [0.15, 0.2) is 42.9 Å². The lowest BCUT2D eigenvalue weighted by Gasteiger charge is -2.28. The van der Waals surface area contributed by atoms with Gasteiger partial charge in [0, 0.05) is 31.3 Å². The molecular weight excluding hydrogens is 482 g/mol. The lowest BCUT2D eigenvalue weighted by molar-refractivity contribution is -0.143. The standard InChI is InChI=1S/C24H31N7O6/c25-16(11-20(26)32)23(35)31-8-4-7-19(31)22(34)29-17(9-14-5-2-1-3-6-14)21(33)30-18(24(36)37)10-15-12-27-13-28-15/h1-3,5-6,12-13,16-19H,4,7-11,25H2,(H2,26,32)(H,27,28)(H,29,34)(H,30,33)(H,36,37). The highest BCUT2D eigenvalue weighted by molar-refractivity contribution is 5.95. The molecule has 13 nitrogen and oxygen atoms in total. The first-order chi connectivity index (χ1) is 17.7. The van der Waals surface area contributed by atoms with Crippen molar-refractivity contribution in [3.05, 3.63) is 54.1 Å². The summed E-state index contributed by atoms with van der Waals surface area (Å²) in [6.07, 6.45) is 3.45. The van der Waals surface area contributed by atoms with Gasteiger partial charge >= 0.3 is 5.97 Å². The third-order valence-corrected chi connectivity index (χ3v) is 6.09. The summed E-state index contributed by atoms with van der Waals surface area (Å²) < 4.78 is 0. The first-order valence-corrected chi connectivity index (χ1v) is 11.8. The van der Waals surface area contributed by atoms with Gasteiger partial charge in [-0.15, -0.1) is 0 Å². The number of primary amides is 1. The number of carboxylic acids is 1. The molecule has 8 N–H and O–H groups in total. The molecule has 1 fully saturated rings. The van der Waals surface area contributed by atoms with Crippen molar-refractivity contribution in [3.63, 3.8) is 0 Å². The maximum absolute atomic E-state index is 13.2. The Labute approximate surface area is 213 Å². The third kappa shape index (κ3) is 7.61. The Hall–Kier alpha value is -4.26. The Balaban J connectivity index is 1.75. The van der Waals surface area contributed by atoms with Crippen LogP contribution in [0.1, 0.15) is 30.5 Å². The number of carbonyl (C=O) groups excluding carboxylic acids is 4. The van der Waals surface area contributed by atoms with E-state index in [4.69, 9.17) is 11.5 Å². The molecule has 37 heavy (non-hydrogen) atoms. The van der Waals surface area contributed by atoms with Crippen molar-refractivity contribution in [2.75, 3.05) is 6.54 Å². The van der Waals surface area contributed by atoms with Crippen molar-refractivity contribution in [2.24, 2.45) is 11.5 Å². The molecule has 0 saturated carbocycles. The summed E-state index contributed by atoms with van der Waals surface area (Å²) in [6, 6.07) is 4.48. The van der Waals surface area contributed by atoms with Gasteiger partial charge in [0.15, 0.2) is 0 Å². The molecule has 4 amide bonds. The number of nitrogens with two attached hydrogens (primary N) is 2. The van der Waals surface area contributed by atoms with E-state index in [1.807, 2.05) is 0 Å². The number of nitrogens with zero attached hydrogens (tertiary/aromatic N) is 2. The Bertz CT molecular complexity index is 1110. The number of carbonyl (C=O) groups is 5. The lowest BCUT2D eigenvalue weighted by atomic mass is 10.0. The summed E-state index contributed by atoms with van der Waals surface area (Å²) >= 11 is 0. The zero-order valence-corrected chi connectivity index (χ0v) is 20.1. The van der Waals surface area contributed by atoms with Gasteiger partial charge in [0.05, 0.1) is 18.8 Å². The van der Waals surface area contributed by atoms with Crippen LogP contribution >= 0.6 is 0 Å². The second-order valence-electron chi connectivity index (χ2n) is 8.90. The predicted octanol–water partition coefficient (Wildman–Crippen LogP) is -1.56. The van der Waals surface area contributed by atoms with Gasteiger partial charge in [0.1, 0.15) is 18.1 Å². The van der Waals surface area contributed by atoms with E-state index in [2.05, 4.69) is 20.6 Å². The van der Waals surface area contributed by atoms with Gasteiger partial charge < -0.3 is 37.1 Å². The van der Waals surface area contributed by atoms with Gasteiger partial charge in [-0.2, -0.15) is 0 Å². The van der Waals surface area contributed by atoms with E-state index in [0.29, 0.717) is 18.5 Å². The number of aromatic nitrogens is 2. The fraction of sp³-hybridized carbons (Fsp3) is 0.417. The number of aromatic amines is 1. The minimum absolute atomic E-state index is 0.0320. The van der Waals surface area contributed by atoms with Crippen LogP contribution in [0.3, 0.4) is 0 Å². The van der Waals surface area contributed by atoms with E-state index in [0.717, 1.165) is 5.56 Å². The molecule has 13 heteroatoms. The first-order valence-electron chi connectivity index (χ1n) is 11.8. The zero-order chi connectivity index (χ0) is 26.9. The molecule has 2 heterocycles. The molecule has 1 aromatic carbocycles. The zero-order valence-electron chi connectivity index (χ0n) is 20.1. The largest absolute Gasteiger partial charge is 0.480 e. The molecule has 1 aliphatic rings. The number of hydrogen-bond acceptors (Lipinski definition) is 7. The lowest BCUT2D eigenvalue weighted by Crippen LogP contribution is -2.57. The smallest absolute Gasteiger partial charge is 0.326 e. The number of amides is 4. The van der Waals surface area contributed by atoms with Crippen LogP contribution in [0, 0.1) is 0 Å². The normalized spacial score (nSPS) is 17.4. The van der Waals surface area contributed by atoms with Crippen molar-refractivity contribution < 1.29 is 29.1 Å². The fourth-order valence-corrected chi connectivity index (χ4v) is 4.24. The molecule has 0 aliphatic carbocycles. The number of nitrogens with one attached hydrogen (secondary N) is 3. The average molecular weight is 514 g/mol. The maximum atomic E-state index is 13.2. The van der Waals surface area contributed by atoms with Crippen molar-refractivity contribution in [1.82, 2.24) is 25.5 Å². The molecule has 4 unspecified atom stereocenters. The molecule has 0 spiro atoms. The summed E-state index contributed by atoms with van der Waals surface area (Å²) in [5.41, 5.74) is 12.2. The summed E-state index contributed by atoms with van der Waals surface area (Å²) in [6.45, 7) is 0.268. The fourth-order valence-electron chi connectivity index (χ4n) is 4.24. The minimum Gasteiger partial charge on any atom is -0.480 e. The van der Waals surface area contributed by atoms with Crippen molar-refractivity contribution in [1.29, 1.82) is 0 Å². The van der Waals surface area contributed by atoms with Crippen LogP contribution in [0.25, 0.3) is 0 Å². The molecule has 198 valence electrons. The Kier molecular flexibility index (Phi) is 9.33. The van der Waals surface area contributed by atoms with Crippen LogP contribution in [-0.4, -0.2) is 80.3 Å². The van der Waals surface area contributed by atoms with E-state index < -0.39 is 53.8 Å². The van der Waals surface area contributed by atoms with Crippen LogP contribution < -0.4 is 22.1 Å².